The molecule has 206 valence electrons. The summed E-state index contributed by atoms with van der Waals surface area (Å²) >= 11 is 0. The van der Waals surface area contributed by atoms with Crippen LogP contribution >= 0.6 is 0 Å². The number of benzene rings is 2. The van der Waals surface area contributed by atoms with E-state index in [1.807, 2.05) is 6.07 Å². The lowest BCUT2D eigenvalue weighted by molar-refractivity contribution is -0.903. The Morgan fingerprint density at radius 3 is 2.08 bits per heavy atom. The molecule has 0 fully saturated rings. The quantitative estimate of drug-likeness (QED) is 0.102. The zero-order chi connectivity index (χ0) is 26.8. The number of nitrogens with zero attached hydrogens (tertiary/aromatic N) is 1. The summed E-state index contributed by atoms with van der Waals surface area (Å²) < 4.78 is 12.5. The molecule has 0 amide bonds. The first-order chi connectivity index (χ1) is 17.9. The highest BCUT2D eigenvalue weighted by Crippen LogP contribution is 2.18. The summed E-state index contributed by atoms with van der Waals surface area (Å²) in [5, 5.41) is 0. The van der Waals surface area contributed by atoms with Crippen LogP contribution in [0.2, 0.25) is 0 Å². The van der Waals surface area contributed by atoms with E-state index < -0.39 is 0 Å². The highest BCUT2D eigenvalue weighted by atomic mass is 16.6. The van der Waals surface area contributed by atoms with E-state index in [0.29, 0.717) is 13.0 Å². The molecule has 0 N–H and O–H groups in total. The van der Waals surface area contributed by atoms with E-state index in [2.05, 4.69) is 76.5 Å². The maximum atomic E-state index is 12.3. The molecule has 1 unspecified atom stereocenters. The number of hydrogen-bond donors (Lipinski definition) is 0. The molecule has 4 heteroatoms. The van der Waals surface area contributed by atoms with E-state index >= 15 is 0 Å². The number of aryl methyl sites for hydroxylation is 1. The fraction of sp³-hybridized carbons (Fsp3) is 0.606. The summed E-state index contributed by atoms with van der Waals surface area (Å²) in [4.78, 5) is 12.3. The van der Waals surface area contributed by atoms with Crippen molar-refractivity contribution < 1.29 is 18.8 Å². The van der Waals surface area contributed by atoms with Crippen molar-refractivity contribution in [1.29, 1.82) is 0 Å². The third-order valence-corrected chi connectivity index (χ3v) is 7.03. The van der Waals surface area contributed by atoms with Crippen molar-refractivity contribution in [2.24, 2.45) is 0 Å². The van der Waals surface area contributed by atoms with Gasteiger partial charge in [-0.1, -0.05) is 101 Å². The van der Waals surface area contributed by atoms with Gasteiger partial charge >= 0.3 is 5.97 Å². The molecule has 0 bridgehead atoms. The number of hydrogen-bond acceptors (Lipinski definition) is 3. The largest absolute Gasteiger partial charge is 0.487 e. The van der Waals surface area contributed by atoms with Gasteiger partial charge in [0.15, 0.2) is 0 Å². The van der Waals surface area contributed by atoms with Gasteiger partial charge in [0.05, 0.1) is 27.1 Å². The smallest absolute Gasteiger partial charge is 0.306 e. The molecule has 2 aromatic carbocycles. The van der Waals surface area contributed by atoms with Crippen molar-refractivity contribution in [2.75, 3.05) is 27.2 Å². The third kappa shape index (κ3) is 14.3. The zero-order valence-electron chi connectivity index (χ0n) is 24.1. The van der Waals surface area contributed by atoms with Crippen molar-refractivity contribution in [1.82, 2.24) is 0 Å². The normalized spacial score (nSPS) is 12.3. The maximum absolute atomic E-state index is 12.3. The molecule has 1 atom stereocenters. The van der Waals surface area contributed by atoms with Crippen molar-refractivity contribution >= 4 is 5.97 Å². The standard InChI is InChI=1S/C33H52NO3/c1-5-7-8-9-10-11-12-14-18-29-22-24-32(25-23-29)37-31(6-2)28-36-33(35)21-17-26-34(3,4)27-30-19-15-13-16-20-30/h13,15-16,19-20,22-25,31H,5-12,14,17-18,21,26-28H2,1-4H3/q+1. The molecule has 2 aromatic rings. The van der Waals surface area contributed by atoms with Crippen LogP contribution < -0.4 is 4.74 Å². The molecule has 0 heterocycles. The Labute approximate surface area is 227 Å². The molecule has 0 saturated carbocycles. The molecule has 2 rings (SSSR count). The van der Waals surface area contributed by atoms with E-state index in [0.717, 1.165) is 42.6 Å². The average molecular weight is 511 g/mol. The van der Waals surface area contributed by atoms with Crippen molar-refractivity contribution in [2.45, 2.75) is 104 Å². The fourth-order valence-corrected chi connectivity index (χ4v) is 4.69. The number of esters is 1. The monoisotopic (exact) mass is 510 g/mol. The molecular weight excluding hydrogens is 458 g/mol. The van der Waals surface area contributed by atoms with Gasteiger partial charge in [0.25, 0.3) is 0 Å². The third-order valence-electron chi connectivity index (χ3n) is 7.03. The minimum absolute atomic E-state index is 0.118. The van der Waals surface area contributed by atoms with Crippen molar-refractivity contribution in [3.05, 3.63) is 65.7 Å². The Bertz CT molecular complexity index is 848. The van der Waals surface area contributed by atoms with Crippen LogP contribution in [0.5, 0.6) is 5.75 Å². The van der Waals surface area contributed by atoms with Crippen LogP contribution in [0.25, 0.3) is 0 Å². The second kappa shape index (κ2) is 18.0. The van der Waals surface area contributed by atoms with Crippen LogP contribution in [-0.4, -0.2) is 43.8 Å². The Hall–Kier alpha value is -2.33. The first-order valence-electron chi connectivity index (χ1n) is 14.7. The van der Waals surface area contributed by atoms with Gasteiger partial charge in [-0.15, -0.1) is 0 Å². The zero-order valence-corrected chi connectivity index (χ0v) is 24.1. The first-order valence-corrected chi connectivity index (χ1v) is 14.7. The second-order valence-electron chi connectivity index (χ2n) is 11.1. The van der Waals surface area contributed by atoms with Gasteiger partial charge in [-0.2, -0.15) is 0 Å². The molecule has 0 radical (unpaired) electrons. The summed E-state index contributed by atoms with van der Waals surface area (Å²) in [5.41, 5.74) is 2.69. The number of carbonyl (C=O) groups excluding carboxylic acids is 1. The van der Waals surface area contributed by atoms with Crippen LogP contribution in [0.15, 0.2) is 54.6 Å². The fourth-order valence-electron chi connectivity index (χ4n) is 4.69. The number of ether oxygens (including phenoxy) is 2. The summed E-state index contributed by atoms with van der Waals surface area (Å²) in [5.74, 6) is 0.713. The molecule has 0 aliphatic heterocycles. The van der Waals surface area contributed by atoms with E-state index in [-0.39, 0.29) is 12.1 Å². The Morgan fingerprint density at radius 1 is 0.784 bits per heavy atom. The highest BCUT2D eigenvalue weighted by molar-refractivity contribution is 5.69. The predicted molar refractivity (Wildman–Crippen MR) is 155 cm³/mol. The summed E-state index contributed by atoms with van der Waals surface area (Å²) in [6.07, 6.45) is 13.8. The molecule has 0 spiro atoms. The van der Waals surface area contributed by atoms with Crippen LogP contribution in [0, 0.1) is 0 Å². The van der Waals surface area contributed by atoms with Crippen LogP contribution in [0.1, 0.15) is 95.6 Å². The predicted octanol–water partition coefficient (Wildman–Crippen LogP) is 8.13. The number of unbranched alkanes of at least 4 members (excludes halogenated alkanes) is 7. The van der Waals surface area contributed by atoms with Gasteiger partial charge in [0, 0.05) is 12.0 Å². The summed E-state index contributed by atoms with van der Waals surface area (Å²) in [6.45, 7) is 6.53. The van der Waals surface area contributed by atoms with Gasteiger partial charge in [-0.3, -0.25) is 4.79 Å². The van der Waals surface area contributed by atoms with E-state index in [4.69, 9.17) is 9.47 Å². The molecule has 0 saturated heterocycles. The molecule has 0 aromatic heterocycles. The van der Waals surface area contributed by atoms with Crippen LogP contribution in [-0.2, 0) is 22.5 Å². The molecular formula is C33H52NO3+. The number of rotatable bonds is 20. The summed E-state index contributed by atoms with van der Waals surface area (Å²) in [6, 6.07) is 19.0. The topological polar surface area (TPSA) is 35.5 Å². The van der Waals surface area contributed by atoms with E-state index in [1.165, 1.54) is 62.5 Å². The lowest BCUT2D eigenvalue weighted by Gasteiger charge is -2.29. The Kier molecular flexibility index (Phi) is 15.0. The Morgan fingerprint density at radius 2 is 1.43 bits per heavy atom. The van der Waals surface area contributed by atoms with E-state index in [9.17, 15) is 4.79 Å². The highest BCUT2D eigenvalue weighted by Gasteiger charge is 2.17. The minimum Gasteiger partial charge on any atom is -0.487 e. The number of quaternary nitrogens is 1. The van der Waals surface area contributed by atoms with Gasteiger partial charge in [0.2, 0.25) is 0 Å². The van der Waals surface area contributed by atoms with E-state index in [1.54, 1.807) is 0 Å². The Balaban J connectivity index is 1.61. The van der Waals surface area contributed by atoms with Crippen LogP contribution in [0.3, 0.4) is 0 Å². The molecule has 0 aliphatic rings. The lowest BCUT2D eigenvalue weighted by Crippen LogP contribution is -2.39. The van der Waals surface area contributed by atoms with Crippen LogP contribution in [0.4, 0.5) is 0 Å². The van der Waals surface area contributed by atoms with Crippen molar-refractivity contribution in [3.8, 4) is 5.75 Å². The molecule has 37 heavy (non-hydrogen) atoms. The van der Waals surface area contributed by atoms with Gasteiger partial charge in [-0.05, 0) is 37.0 Å². The first kappa shape index (κ1) is 30.9. The van der Waals surface area contributed by atoms with Crippen molar-refractivity contribution in [3.63, 3.8) is 0 Å². The average Bonchev–Trinajstić information content (AvgIpc) is 2.89. The molecule has 4 nitrogen and oxygen atoms in total. The van der Waals surface area contributed by atoms with Gasteiger partial charge in [-0.25, -0.2) is 0 Å². The number of carbonyl (C=O) groups is 1. The lowest BCUT2D eigenvalue weighted by atomic mass is 10.0. The van der Waals surface area contributed by atoms with Gasteiger partial charge in [0.1, 0.15) is 25.0 Å². The van der Waals surface area contributed by atoms with Gasteiger partial charge < -0.3 is 14.0 Å². The minimum atomic E-state index is -0.137. The maximum Gasteiger partial charge on any atom is 0.306 e. The summed E-state index contributed by atoms with van der Waals surface area (Å²) in [7, 11) is 4.42. The molecule has 0 aliphatic carbocycles. The second-order valence-corrected chi connectivity index (χ2v) is 11.1. The SMILES string of the molecule is CCCCCCCCCCc1ccc(OC(CC)COC(=O)CCC[N+](C)(C)Cc2ccccc2)cc1.